The van der Waals surface area contributed by atoms with E-state index in [4.69, 9.17) is 4.74 Å². The number of morpholine rings is 1. The first-order chi connectivity index (χ1) is 6.87. The molecule has 90 valence electrons. The molecule has 0 aromatic rings. The van der Waals surface area contributed by atoms with Crippen molar-refractivity contribution in [2.75, 3.05) is 33.4 Å². The normalized spacial score (nSPS) is 25.2. The molecule has 2 unspecified atom stereocenters. The van der Waals surface area contributed by atoms with Gasteiger partial charge in [-0.2, -0.15) is 0 Å². The summed E-state index contributed by atoms with van der Waals surface area (Å²) in [6.07, 6.45) is 0. The maximum atomic E-state index is 11.4. The van der Waals surface area contributed by atoms with Crippen LogP contribution in [0.1, 0.15) is 0 Å². The molecule has 2 atom stereocenters. The predicted octanol–water partition coefficient (Wildman–Crippen LogP) is -1.51. The number of hydrogen-bond acceptors (Lipinski definition) is 6. The average Bonchev–Trinajstić information content (AvgIpc) is 2.18. The van der Waals surface area contributed by atoms with E-state index in [1.807, 2.05) is 0 Å². The molecule has 8 nitrogen and oxygen atoms in total. The molecule has 1 heterocycles. The number of rotatable bonds is 4. The van der Waals surface area contributed by atoms with E-state index in [9.17, 15) is 18.9 Å². The molecule has 1 aliphatic heterocycles. The van der Waals surface area contributed by atoms with Gasteiger partial charge in [-0.15, -0.1) is 0 Å². The number of hydrogen-bond donors (Lipinski definition) is 1. The Labute approximate surface area is 106 Å². The van der Waals surface area contributed by atoms with Gasteiger partial charge in [-0.3, -0.25) is 18.5 Å². The molecule has 0 bridgehead atoms. The first-order valence-corrected chi connectivity index (χ1v) is 7.27. The van der Waals surface area contributed by atoms with Crippen LogP contribution in [0.2, 0.25) is 0 Å². The fraction of sp³-hybridized carbons (Fsp3) is 1.00. The van der Waals surface area contributed by atoms with Crippen LogP contribution in [0.3, 0.4) is 0 Å². The zero-order chi connectivity index (χ0) is 11.5. The molecule has 0 saturated carbocycles. The summed E-state index contributed by atoms with van der Waals surface area (Å²) in [5.74, 6) is 0. The predicted molar refractivity (Wildman–Crippen MR) is 47.7 cm³/mol. The quantitative estimate of drug-likeness (QED) is 0.490. The molecular formula is C5H12N2O6P2Zn. The van der Waals surface area contributed by atoms with E-state index < -0.39 is 15.5 Å². The summed E-state index contributed by atoms with van der Waals surface area (Å²) in [4.78, 5) is 22.3. The van der Waals surface area contributed by atoms with Crippen molar-refractivity contribution >= 4 is 15.5 Å². The van der Waals surface area contributed by atoms with Crippen molar-refractivity contribution in [3.63, 3.8) is 0 Å². The van der Waals surface area contributed by atoms with Crippen molar-refractivity contribution < 1.29 is 47.4 Å². The molecule has 1 fully saturated rings. The second-order valence-corrected chi connectivity index (χ2v) is 6.44. The molecule has 16 heavy (non-hydrogen) atoms. The van der Waals surface area contributed by atoms with Gasteiger partial charge in [-0.25, -0.2) is 4.67 Å². The van der Waals surface area contributed by atoms with E-state index in [0.717, 1.165) is 11.7 Å². The van der Waals surface area contributed by atoms with Crippen LogP contribution in [0.15, 0.2) is 0 Å². The summed E-state index contributed by atoms with van der Waals surface area (Å²) < 4.78 is 32.3. The maximum absolute atomic E-state index is 11.4. The smallest absolute Gasteiger partial charge is 0.766 e. The summed E-state index contributed by atoms with van der Waals surface area (Å²) in [6.45, 7) is 0.672. The third-order valence-electron chi connectivity index (χ3n) is 1.82. The molecule has 11 heteroatoms. The van der Waals surface area contributed by atoms with Crippen molar-refractivity contribution in [3.05, 3.63) is 0 Å². The van der Waals surface area contributed by atoms with Crippen LogP contribution in [0.25, 0.3) is 0 Å². The summed E-state index contributed by atoms with van der Waals surface area (Å²) in [6, 6.07) is 0. The van der Waals surface area contributed by atoms with Crippen molar-refractivity contribution in [1.82, 2.24) is 9.76 Å². The third kappa shape index (κ3) is 5.00. The molecule has 1 aliphatic rings. The minimum absolute atomic E-state index is 0. The summed E-state index contributed by atoms with van der Waals surface area (Å²) >= 11 is 0. The molecule has 1 N–H and O–H groups in total. The van der Waals surface area contributed by atoms with E-state index >= 15 is 0 Å². The Morgan fingerprint density at radius 2 is 1.81 bits per heavy atom. The van der Waals surface area contributed by atoms with Crippen LogP contribution in [0.5, 0.6) is 0 Å². The standard InChI is InChI=1S/C5H14N2O6P2.Zn/c1-6-14(8,9)13-15(10,11)7-2-4-12-5-3-7;/h2-5H2,1H3,(H,10,11)(H2,6,8,9);/q;+2/p-2. The zero-order valence-corrected chi connectivity index (χ0v) is 13.6. The van der Waals surface area contributed by atoms with Crippen molar-refractivity contribution in [3.8, 4) is 0 Å². The summed E-state index contributed by atoms with van der Waals surface area (Å²) in [5, 5.41) is 1.78. The Bertz CT molecular complexity index is 309. The average molecular weight is 323 g/mol. The first-order valence-electron chi connectivity index (χ1n) is 4.23. The van der Waals surface area contributed by atoms with Gasteiger partial charge in [0.15, 0.2) is 0 Å². The number of nitrogens with one attached hydrogen (secondary N) is 1. The Kier molecular flexibility index (Phi) is 7.04. The Balaban J connectivity index is 0.00000225. The van der Waals surface area contributed by atoms with Crippen LogP contribution in [-0.4, -0.2) is 38.0 Å². The van der Waals surface area contributed by atoms with Gasteiger partial charge in [0.1, 0.15) is 0 Å². The monoisotopic (exact) mass is 322 g/mol. The van der Waals surface area contributed by atoms with Gasteiger partial charge in [-0.05, 0) is 7.05 Å². The van der Waals surface area contributed by atoms with Crippen LogP contribution in [0, 0.1) is 0 Å². The van der Waals surface area contributed by atoms with Gasteiger partial charge in [0.2, 0.25) is 15.5 Å². The molecule has 0 aromatic carbocycles. The molecule has 0 radical (unpaired) electrons. The fourth-order valence-electron chi connectivity index (χ4n) is 1.03. The molecule has 0 aromatic heterocycles. The van der Waals surface area contributed by atoms with Gasteiger partial charge in [0.05, 0.1) is 13.2 Å². The van der Waals surface area contributed by atoms with E-state index in [1.165, 1.54) is 0 Å². The molecule has 0 spiro atoms. The Morgan fingerprint density at radius 3 is 2.25 bits per heavy atom. The van der Waals surface area contributed by atoms with Crippen molar-refractivity contribution in [2.24, 2.45) is 0 Å². The molecule has 0 aliphatic carbocycles. The fourth-order valence-corrected chi connectivity index (χ4v) is 3.51. The number of nitrogens with zero attached hydrogens (tertiary/aromatic N) is 1. The first kappa shape index (κ1) is 16.8. The van der Waals surface area contributed by atoms with Crippen LogP contribution in [-0.2, 0) is 37.7 Å². The minimum Gasteiger partial charge on any atom is -0.766 e. The van der Waals surface area contributed by atoms with E-state index in [2.05, 4.69) is 4.31 Å². The Hall–Kier alpha value is 0.843. The van der Waals surface area contributed by atoms with Crippen LogP contribution in [0.4, 0.5) is 0 Å². The molecule has 1 saturated heterocycles. The van der Waals surface area contributed by atoms with Gasteiger partial charge in [0, 0.05) is 13.1 Å². The zero-order valence-electron chi connectivity index (χ0n) is 8.83. The molecular weight excluding hydrogens is 311 g/mol. The van der Waals surface area contributed by atoms with E-state index in [-0.39, 0.29) is 45.8 Å². The second kappa shape index (κ2) is 6.69. The van der Waals surface area contributed by atoms with Gasteiger partial charge >= 0.3 is 19.5 Å². The van der Waals surface area contributed by atoms with Gasteiger partial charge in [-0.1, -0.05) is 0 Å². The molecule has 1 rings (SSSR count). The van der Waals surface area contributed by atoms with Crippen molar-refractivity contribution in [1.29, 1.82) is 0 Å². The summed E-state index contributed by atoms with van der Waals surface area (Å²) in [7, 11) is -7.98. The van der Waals surface area contributed by atoms with Gasteiger partial charge in [0.25, 0.3) is 0 Å². The van der Waals surface area contributed by atoms with E-state index in [0.29, 0.717) is 0 Å². The van der Waals surface area contributed by atoms with Crippen LogP contribution >= 0.6 is 15.5 Å². The second-order valence-electron chi connectivity index (χ2n) is 2.84. The topological polar surface area (TPSA) is 114 Å². The third-order valence-corrected chi connectivity index (χ3v) is 5.14. The minimum atomic E-state index is -4.54. The maximum Gasteiger partial charge on any atom is 2.00 e. The van der Waals surface area contributed by atoms with E-state index in [1.54, 1.807) is 5.09 Å². The van der Waals surface area contributed by atoms with Gasteiger partial charge < -0.3 is 14.5 Å². The SMILES string of the molecule is CNP(=O)([O-])OP(=O)([O-])N1CCOCC1.[Zn+2]. The van der Waals surface area contributed by atoms with Crippen LogP contribution < -0.4 is 14.9 Å². The molecule has 0 amide bonds. The summed E-state index contributed by atoms with van der Waals surface area (Å²) in [5.41, 5.74) is 0. The number of ether oxygens (including phenoxy) is 1. The largest absolute Gasteiger partial charge is 2.00 e. The van der Waals surface area contributed by atoms with Crippen molar-refractivity contribution in [2.45, 2.75) is 0 Å². The Morgan fingerprint density at radius 1 is 1.31 bits per heavy atom.